The van der Waals surface area contributed by atoms with E-state index >= 15 is 0 Å². The van der Waals surface area contributed by atoms with Gasteiger partial charge in [0.1, 0.15) is 5.82 Å². The van der Waals surface area contributed by atoms with Crippen LogP contribution in [0.4, 0.5) is 5.82 Å². The lowest BCUT2D eigenvalue weighted by Gasteiger charge is -2.24. The van der Waals surface area contributed by atoms with Crippen molar-refractivity contribution in [2.75, 3.05) is 11.9 Å². The van der Waals surface area contributed by atoms with Crippen molar-refractivity contribution in [3.63, 3.8) is 0 Å². The molecule has 1 amide bonds. The van der Waals surface area contributed by atoms with Crippen molar-refractivity contribution in [2.24, 2.45) is 0 Å². The maximum absolute atomic E-state index is 11.9. The molecule has 0 aromatic carbocycles. The van der Waals surface area contributed by atoms with Gasteiger partial charge in [0.15, 0.2) is 0 Å². The first-order valence-corrected chi connectivity index (χ1v) is 5.46. The van der Waals surface area contributed by atoms with E-state index in [9.17, 15) is 4.79 Å². The van der Waals surface area contributed by atoms with Crippen molar-refractivity contribution in [3.8, 4) is 0 Å². The highest BCUT2D eigenvalue weighted by atomic mass is 16.2. The molecule has 16 heavy (non-hydrogen) atoms. The predicted molar refractivity (Wildman–Crippen MR) is 65.4 cm³/mol. The van der Waals surface area contributed by atoms with E-state index in [-0.39, 0.29) is 5.91 Å². The number of hydrogen-bond acceptors (Lipinski definition) is 3. The molecule has 0 saturated carbocycles. The number of carbonyl (C=O) groups is 1. The number of anilines is 1. The minimum atomic E-state index is -0.583. The smallest absolute Gasteiger partial charge is 0.245 e. The SMILES string of the molecule is CCNC(C)(C)C(=O)Nc1cccc(C)n1. The van der Waals surface area contributed by atoms with Crippen LogP contribution in [-0.4, -0.2) is 23.0 Å². The van der Waals surface area contributed by atoms with Gasteiger partial charge < -0.3 is 10.6 Å². The van der Waals surface area contributed by atoms with Gasteiger partial charge in [-0.15, -0.1) is 0 Å². The highest BCUT2D eigenvalue weighted by Gasteiger charge is 2.26. The molecule has 0 aliphatic carbocycles. The van der Waals surface area contributed by atoms with Gasteiger partial charge >= 0.3 is 0 Å². The lowest BCUT2D eigenvalue weighted by Crippen LogP contribution is -2.49. The van der Waals surface area contributed by atoms with Crippen LogP contribution in [0.25, 0.3) is 0 Å². The fourth-order valence-electron chi connectivity index (χ4n) is 1.41. The van der Waals surface area contributed by atoms with Gasteiger partial charge in [0.05, 0.1) is 5.54 Å². The Bertz CT molecular complexity index is 374. The topological polar surface area (TPSA) is 54.0 Å². The summed E-state index contributed by atoms with van der Waals surface area (Å²) in [6.45, 7) is 8.32. The highest BCUT2D eigenvalue weighted by Crippen LogP contribution is 2.09. The quantitative estimate of drug-likeness (QED) is 0.814. The Kier molecular flexibility index (Phi) is 4.01. The number of aryl methyl sites for hydroxylation is 1. The van der Waals surface area contributed by atoms with Crippen LogP contribution in [0.5, 0.6) is 0 Å². The van der Waals surface area contributed by atoms with Crippen LogP contribution >= 0.6 is 0 Å². The van der Waals surface area contributed by atoms with E-state index in [4.69, 9.17) is 0 Å². The number of likely N-dealkylation sites (N-methyl/N-ethyl adjacent to an activating group) is 1. The van der Waals surface area contributed by atoms with E-state index in [1.165, 1.54) is 0 Å². The van der Waals surface area contributed by atoms with Gasteiger partial charge in [-0.3, -0.25) is 4.79 Å². The second-order valence-electron chi connectivity index (χ2n) is 4.27. The van der Waals surface area contributed by atoms with Crippen LogP contribution in [0.1, 0.15) is 26.5 Å². The lowest BCUT2D eigenvalue weighted by molar-refractivity contribution is -0.121. The summed E-state index contributed by atoms with van der Waals surface area (Å²) in [5.41, 5.74) is 0.305. The Morgan fingerprint density at radius 3 is 2.69 bits per heavy atom. The van der Waals surface area contributed by atoms with Gasteiger partial charge in [-0.25, -0.2) is 4.98 Å². The first kappa shape index (κ1) is 12.6. The van der Waals surface area contributed by atoms with Crippen molar-refractivity contribution >= 4 is 11.7 Å². The summed E-state index contributed by atoms with van der Waals surface area (Å²) in [6, 6.07) is 5.55. The zero-order chi connectivity index (χ0) is 12.2. The zero-order valence-corrected chi connectivity index (χ0v) is 10.3. The Labute approximate surface area is 96.5 Å². The van der Waals surface area contributed by atoms with Crippen LogP contribution in [0.3, 0.4) is 0 Å². The van der Waals surface area contributed by atoms with Crippen LogP contribution in [0.2, 0.25) is 0 Å². The van der Waals surface area contributed by atoms with Gasteiger partial charge in [-0.2, -0.15) is 0 Å². The maximum Gasteiger partial charge on any atom is 0.245 e. The molecule has 1 heterocycles. The lowest BCUT2D eigenvalue weighted by atomic mass is 10.0. The average Bonchev–Trinajstić information content (AvgIpc) is 2.17. The molecule has 88 valence electrons. The molecule has 0 saturated heterocycles. The predicted octanol–water partition coefficient (Wildman–Crippen LogP) is 1.72. The number of amides is 1. The first-order chi connectivity index (χ1) is 7.45. The number of hydrogen-bond donors (Lipinski definition) is 2. The summed E-state index contributed by atoms with van der Waals surface area (Å²) in [5.74, 6) is 0.517. The number of rotatable bonds is 4. The molecular formula is C12H19N3O. The van der Waals surface area contributed by atoms with E-state index in [1.54, 1.807) is 6.07 Å². The number of pyridine rings is 1. The standard InChI is InChI=1S/C12H19N3O/c1-5-13-12(3,4)11(16)15-10-8-6-7-9(2)14-10/h6-8,13H,5H2,1-4H3,(H,14,15,16). The van der Waals surface area contributed by atoms with Crippen LogP contribution < -0.4 is 10.6 Å². The molecule has 1 aromatic rings. The van der Waals surface area contributed by atoms with E-state index in [0.717, 1.165) is 12.2 Å². The molecule has 0 aliphatic heterocycles. The zero-order valence-electron chi connectivity index (χ0n) is 10.3. The van der Waals surface area contributed by atoms with Crippen molar-refractivity contribution in [1.29, 1.82) is 0 Å². The third-order valence-electron chi connectivity index (χ3n) is 2.32. The normalized spacial score (nSPS) is 11.2. The third-order valence-corrected chi connectivity index (χ3v) is 2.32. The summed E-state index contributed by atoms with van der Waals surface area (Å²) in [6.07, 6.45) is 0. The Hall–Kier alpha value is -1.42. The molecule has 0 bridgehead atoms. The molecule has 4 heteroatoms. The van der Waals surface area contributed by atoms with Gasteiger partial charge in [0.2, 0.25) is 5.91 Å². The summed E-state index contributed by atoms with van der Waals surface area (Å²) < 4.78 is 0. The molecular weight excluding hydrogens is 202 g/mol. The Morgan fingerprint density at radius 2 is 2.12 bits per heavy atom. The summed E-state index contributed by atoms with van der Waals surface area (Å²) in [5, 5.41) is 5.91. The van der Waals surface area contributed by atoms with E-state index in [1.807, 2.05) is 39.8 Å². The monoisotopic (exact) mass is 221 g/mol. The molecule has 4 nitrogen and oxygen atoms in total. The van der Waals surface area contributed by atoms with Crippen molar-refractivity contribution in [1.82, 2.24) is 10.3 Å². The molecule has 1 rings (SSSR count). The Balaban J connectivity index is 2.71. The first-order valence-electron chi connectivity index (χ1n) is 5.46. The average molecular weight is 221 g/mol. The molecule has 0 fully saturated rings. The molecule has 0 spiro atoms. The van der Waals surface area contributed by atoms with Crippen molar-refractivity contribution in [3.05, 3.63) is 23.9 Å². The van der Waals surface area contributed by atoms with Gasteiger partial charge in [-0.1, -0.05) is 13.0 Å². The third kappa shape index (κ3) is 3.31. The molecule has 0 atom stereocenters. The summed E-state index contributed by atoms with van der Waals surface area (Å²) in [7, 11) is 0. The summed E-state index contributed by atoms with van der Waals surface area (Å²) >= 11 is 0. The van der Waals surface area contributed by atoms with Gasteiger partial charge in [0.25, 0.3) is 0 Å². The number of carbonyl (C=O) groups excluding carboxylic acids is 1. The number of aromatic nitrogens is 1. The number of nitrogens with one attached hydrogen (secondary N) is 2. The van der Waals surface area contributed by atoms with E-state index in [0.29, 0.717) is 5.82 Å². The van der Waals surface area contributed by atoms with Gasteiger partial charge in [0, 0.05) is 5.69 Å². The largest absolute Gasteiger partial charge is 0.309 e. The van der Waals surface area contributed by atoms with Crippen LogP contribution in [-0.2, 0) is 4.79 Å². The van der Waals surface area contributed by atoms with Crippen molar-refractivity contribution < 1.29 is 4.79 Å². The molecule has 0 aliphatic rings. The number of nitrogens with zero attached hydrogens (tertiary/aromatic N) is 1. The van der Waals surface area contributed by atoms with Crippen molar-refractivity contribution in [2.45, 2.75) is 33.2 Å². The highest BCUT2D eigenvalue weighted by molar-refractivity contribution is 5.96. The Morgan fingerprint density at radius 1 is 1.44 bits per heavy atom. The van der Waals surface area contributed by atoms with E-state index in [2.05, 4.69) is 15.6 Å². The molecule has 1 aromatic heterocycles. The van der Waals surface area contributed by atoms with Gasteiger partial charge in [-0.05, 0) is 39.4 Å². The second-order valence-corrected chi connectivity index (χ2v) is 4.27. The fraction of sp³-hybridized carbons (Fsp3) is 0.500. The van der Waals surface area contributed by atoms with Crippen LogP contribution in [0.15, 0.2) is 18.2 Å². The second kappa shape index (κ2) is 5.07. The molecule has 0 unspecified atom stereocenters. The molecule has 0 radical (unpaired) electrons. The summed E-state index contributed by atoms with van der Waals surface area (Å²) in [4.78, 5) is 16.1. The van der Waals surface area contributed by atoms with E-state index < -0.39 is 5.54 Å². The fourth-order valence-corrected chi connectivity index (χ4v) is 1.41. The van der Waals surface area contributed by atoms with Crippen LogP contribution in [0, 0.1) is 6.92 Å². The molecule has 2 N–H and O–H groups in total. The minimum Gasteiger partial charge on any atom is -0.309 e. The minimum absolute atomic E-state index is 0.0764. The maximum atomic E-state index is 11.9.